The maximum Gasteiger partial charge on any atom is 0.305 e. The molecule has 1 rings (SSSR count). The standard InChI is InChI=1S/C76H135NO10/c1-3-5-7-9-11-13-14-15-37-41-44-48-52-56-60-64-72(81)85-65-61-57-53-49-45-42-39-36-34-32-30-28-26-24-22-20-18-16-17-19-21-23-25-27-29-31-33-35-38-40-43-47-51-55-59-63-71(80)77-68(69(79)62-58-54-50-46-12-10-8-6-4-2)67-86-76-75(84)74(83)73(82)70(66-78)87-76/h4,6,11-13,15,18,20,24,26,37,46,58,62,68-70,73-76,78-79,82-84H,3,5,7-10,14,16-17,19,21-23,25,27-36,38-45,47-57,59-61,63-67H2,1-2H3,(H,77,80)/b6-4+,13-11-,20-18-,26-24-,37-15-,46-12+,62-58+. The third-order valence-corrected chi connectivity index (χ3v) is 16.8. The van der Waals surface area contributed by atoms with Crippen LogP contribution >= 0.6 is 0 Å². The van der Waals surface area contributed by atoms with Crippen LogP contribution in [0.25, 0.3) is 0 Å². The van der Waals surface area contributed by atoms with Gasteiger partial charge in [-0.1, -0.05) is 278 Å². The van der Waals surface area contributed by atoms with Crippen LogP contribution in [0.2, 0.25) is 0 Å². The molecule has 7 atom stereocenters. The van der Waals surface area contributed by atoms with E-state index < -0.39 is 49.5 Å². The van der Waals surface area contributed by atoms with Crippen molar-refractivity contribution in [3.63, 3.8) is 0 Å². The highest BCUT2D eigenvalue weighted by molar-refractivity contribution is 5.76. The Kier molecular flexibility index (Phi) is 60.6. The van der Waals surface area contributed by atoms with Crippen molar-refractivity contribution in [2.45, 2.75) is 365 Å². The molecule has 0 saturated carbocycles. The van der Waals surface area contributed by atoms with Crippen molar-refractivity contribution in [3.05, 3.63) is 85.1 Å². The van der Waals surface area contributed by atoms with Gasteiger partial charge in [-0.2, -0.15) is 0 Å². The van der Waals surface area contributed by atoms with Gasteiger partial charge in [0.2, 0.25) is 5.91 Å². The number of amides is 1. The minimum Gasteiger partial charge on any atom is -0.466 e. The molecule has 0 aromatic carbocycles. The average Bonchev–Trinajstić information content (AvgIpc) is 2.79. The van der Waals surface area contributed by atoms with Crippen LogP contribution in [0.1, 0.15) is 322 Å². The number of ether oxygens (including phenoxy) is 3. The maximum absolute atomic E-state index is 13.0. The molecule has 1 heterocycles. The first-order valence-electron chi connectivity index (χ1n) is 36.3. The minimum absolute atomic E-state index is 0.00494. The van der Waals surface area contributed by atoms with E-state index in [1.807, 2.05) is 19.1 Å². The molecule has 0 aliphatic carbocycles. The Hall–Kier alpha value is -3.16. The summed E-state index contributed by atoms with van der Waals surface area (Å²) in [6.45, 7) is 4.07. The van der Waals surface area contributed by atoms with E-state index in [1.54, 1.807) is 6.08 Å². The molecular formula is C76H135NO10. The number of carbonyl (C=O) groups is 2. The zero-order valence-electron chi connectivity index (χ0n) is 56.0. The van der Waals surface area contributed by atoms with Crippen molar-refractivity contribution < 1.29 is 49.3 Å². The number of allylic oxidation sites excluding steroid dienone is 13. The molecule has 0 aromatic rings. The van der Waals surface area contributed by atoms with Gasteiger partial charge >= 0.3 is 5.97 Å². The second-order valence-corrected chi connectivity index (χ2v) is 24.9. The van der Waals surface area contributed by atoms with E-state index in [0.717, 1.165) is 77.0 Å². The number of aliphatic hydroxyl groups is 5. The van der Waals surface area contributed by atoms with Gasteiger partial charge in [-0.15, -0.1) is 0 Å². The van der Waals surface area contributed by atoms with Crippen LogP contribution in [0.15, 0.2) is 85.1 Å². The Balaban J connectivity index is 1.90. The van der Waals surface area contributed by atoms with Crippen LogP contribution < -0.4 is 5.32 Å². The lowest BCUT2D eigenvalue weighted by Gasteiger charge is -2.40. The van der Waals surface area contributed by atoms with Crippen LogP contribution in [-0.2, 0) is 23.8 Å². The van der Waals surface area contributed by atoms with Gasteiger partial charge in [-0.05, 0) is 116 Å². The molecule has 504 valence electrons. The summed E-state index contributed by atoms with van der Waals surface area (Å²) in [5, 5.41) is 54.2. The van der Waals surface area contributed by atoms with Crippen LogP contribution in [0.5, 0.6) is 0 Å². The zero-order chi connectivity index (χ0) is 63.0. The first-order chi connectivity index (χ1) is 42.7. The first-order valence-corrected chi connectivity index (χ1v) is 36.3. The topological polar surface area (TPSA) is 175 Å². The van der Waals surface area contributed by atoms with Gasteiger partial charge in [0, 0.05) is 12.8 Å². The highest BCUT2D eigenvalue weighted by Gasteiger charge is 2.44. The summed E-state index contributed by atoms with van der Waals surface area (Å²) in [6, 6.07) is -0.833. The van der Waals surface area contributed by atoms with Gasteiger partial charge in [0.25, 0.3) is 0 Å². The van der Waals surface area contributed by atoms with Crippen molar-refractivity contribution in [1.82, 2.24) is 5.32 Å². The lowest BCUT2D eigenvalue weighted by molar-refractivity contribution is -0.302. The molecule has 0 bridgehead atoms. The molecule has 0 radical (unpaired) electrons. The number of esters is 1. The molecule has 7 unspecified atom stereocenters. The molecule has 1 aliphatic rings. The lowest BCUT2D eigenvalue weighted by Crippen LogP contribution is -2.60. The molecule has 6 N–H and O–H groups in total. The number of aliphatic hydroxyl groups excluding tert-OH is 5. The van der Waals surface area contributed by atoms with Crippen LogP contribution in [-0.4, -0.2) is 100 Å². The van der Waals surface area contributed by atoms with Crippen molar-refractivity contribution in [1.29, 1.82) is 0 Å². The highest BCUT2D eigenvalue weighted by Crippen LogP contribution is 2.23. The molecule has 0 aromatic heterocycles. The van der Waals surface area contributed by atoms with E-state index >= 15 is 0 Å². The fourth-order valence-corrected chi connectivity index (χ4v) is 11.1. The summed E-state index contributed by atoms with van der Waals surface area (Å²) in [5.74, 6) is -0.202. The summed E-state index contributed by atoms with van der Waals surface area (Å²) in [5.41, 5.74) is 0. The van der Waals surface area contributed by atoms with Crippen LogP contribution in [0, 0.1) is 0 Å². The van der Waals surface area contributed by atoms with Crippen molar-refractivity contribution in [2.24, 2.45) is 0 Å². The third kappa shape index (κ3) is 53.2. The van der Waals surface area contributed by atoms with Crippen molar-refractivity contribution in [2.75, 3.05) is 19.8 Å². The Bertz CT molecular complexity index is 1720. The van der Waals surface area contributed by atoms with E-state index in [1.165, 1.54) is 218 Å². The number of hydrogen-bond acceptors (Lipinski definition) is 10. The largest absolute Gasteiger partial charge is 0.466 e. The lowest BCUT2D eigenvalue weighted by atomic mass is 9.99. The smallest absolute Gasteiger partial charge is 0.305 e. The third-order valence-electron chi connectivity index (χ3n) is 16.8. The number of rotatable bonds is 63. The van der Waals surface area contributed by atoms with Gasteiger partial charge in [-0.3, -0.25) is 9.59 Å². The Labute approximate surface area is 533 Å². The molecule has 1 saturated heterocycles. The monoisotopic (exact) mass is 1220 g/mol. The second-order valence-electron chi connectivity index (χ2n) is 24.9. The average molecular weight is 1220 g/mol. The molecule has 1 fully saturated rings. The predicted molar refractivity (Wildman–Crippen MR) is 366 cm³/mol. The number of unbranched alkanes of at least 4 members (excludes halogenated alkanes) is 38. The summed E-state index contributed by atoms with van der Waals surface area (Å²) >= 11 is 0. The summed E-state index contributed by atoms with van der Waals surface area (Å²) < 4.78 is 16.7. The molecule has 1 aliphatic heterocycles. The summed E-state index contributed by atoms with van der Waals surface area (Å²) in [7, 11) is 0. The zero-order valence-corrected chi connectivity index (χ0v) is 56.0. The fourth-order valence-electron chi connectivity index (χ4n) is 11.1. The molecule has 0 spiro atoms. The predicted octanol–water partition coefficient (Wildman–Crippen LogP) is 18.8. The quantitative estimate of drug-likeness (QED) is 0.0195. The van der Waals surface area contributed by atoms with E-state index in [-0.39, 0.29) is 18.5 Å². The van der Waals surface area contributed by atoms with E-state index in [0.29, 0.717) is 19.4 Å². The van der Waals surface area contributed by atoms with Gasteiger partial charge in [-0.25, -0.2) is 0 Å². The van der Waals surface area contributed by atoms with Crippen molar-refractivity contribution in [3.8, 4) is 0 Å². The first kappa shape index (κ1) is 81.9. The van der Waals surface area contributed by atoms with Crippen LogP contribution in [0.3, 0.4) is 0 Å². The number of nitrogens with one attached hydrogen (secondary N) is 1. The molecule has 11 heteroatoms. The van der Waals surface area contributed by atoms with Gasteiger partial charge in [0.15, 0.2) is 6.29 Å². The molecule has 11 nitrogen and oxygen atoms in total. The normalized spacial score (nSPS) is 18.4. The summed E-state index contributed by atoms with van der Waals surface area (Å²) in [4.78, 5) is 25.1. The Morgan fingerprint density at radius 1 is 0.448 bits per heavy atom. The van der Waals surface area contributed by atoms with Crippen molar-refractivity contribution >= 4 is 11.9 Å². The van der Waals surface area contributed by atoms with Crippen LogP contribution in [0.4, 0.5) is 0 Å². The molecule has 87 heavy (non-hydrogen) atoms. The maximum atomic E-state index is 13.0. The summed E-state index contributed by atoms with van der Waals surface area (Å²) in [6.07, 6.45) is 79.1. The van der Waals surface area contributed by atoms with E-state index in [4.69, 9.17) is 14.2 Å². The minimum atomic E-state index is -1.58. The molecular weight excluding hydrogens is 1090 g/mol. The fraction of sp³-hybridized carbons (Fsp3) is 0.789. The SMILES string of the molecule is C/C=C/CC/C=C/CC/C=C/C(O)C(COC1OC(CO)C(O)C(O)C1O)NC(=O)CCCCCCCCCCCCCCCCCCC/C=C\C/C=C\CCCCCCCCCCCCCOC(=O)CCCCCCC/C=C\C/C=C\CCCCC. The molecule has 1 amide bonds. The van der Waals surface area contributed by atoms with Gasteiger partial charge in [0.05, 0.1) is 32.0 Å². The highest BCUT2D eigenvalue weighted by atomic mass is 16.7. The van der Waals surface area contributed by atoms with Gasteiger partial charge in [0.1, 0.15) is 24.4 Å². The Morgan fingerprint density at radius 3 is 1.26 bits per heavy atom. The van der Waals surface area contributed by atoms with E-state index in [2.05, 4.69) is 79.1 Å². The number of carbonyl (C=O) groups excluding carboxylic acids is 2. The number of hydrogen-bond donors (Lipinski definition) is 6. The Morgan fingerprint density at radius 2 is 0.828 bits per heavy atom. The second kappa shape index (κ2) is 64.4. The van der Waals surface area contributed by atoms with E-state index in [9.17, 15) is 35.1 Å². The van der Waals surface area contributed by atoms with Gasteiger partial charge < -0.3 is 45.1 Å².